The van der Waals surface area contributed by atoms with E-state index in [0.717, 1.165) is 19.7 Å². The predicted molar refractivity (Wildman–Crippen MR) is 54.5 cm³/mol. The van der Waals surface area contributed by atoms with Gasteiger partial charge in [-0.05, 0) is 24.3 Å². The summed E-state index contributed by atoms with van der Waals surface area (Å²) in [7, 11) is 0. The van der Waals surface area contributed by atoms with Gasteiger partial charge in [-0.15, -0.1) is 0 Å². The lowest BCUT2D eigenvalue weighted by Crippen LogP contribution is -2.41. The summed E-state index contributed by atoms with van der Waals surface area (Å²) in [5, 5.41) is 3.22. The van der Waals surface area contributed by atoms with Gasteiger partial charge in [0.15, 0.2) is 0 Å². The van der Waals surface area contributed by atoms with E-state index in [1.54, 1.807) is 12.1 Å². The Balaban J connectivity index is 1.79. The molecule has 0 radical (unpaired) electrons. The van der Waals surface area contributed by atoms with E-state index in [9.17, 15) is 4.39 Å². The first-order chi connectivity index (χ1) is 7.34. The van der Waals surface area contributed by atoms with Gasteiger partial charge in [0.2, 0.25) is 0 Å². The Kier molecular flexibility index (Phi) is 3.53. The molecule has 15 heavy (non-hydrogen) atoms. The first-order valence-corrected chi connectivity index (χ1v) is 5.05. The maximum absolute atomic E-state index is 12.6. The molecule has 1 aliphatic heterocycles. The summed E-state index contributed by atoms with van der Waals surface area (Å²) in [6.45, 7) is 2.92. The highest BCUT2D eigenvalue weighted by molar-refractivity contribution is 5.22. The largest absolute Gasteiger partial charge is 0.491 e. The molecule has 1 aromatic carbocycles. The average molecular weight is 211 g/mol. The van der Waals surface area contributed by atoms with Gasteiger partial charge in [-0.1, -0.05) is 0 Å². The van der Waals surface area contributed by atoms with E-state index in [1.807, 2.05) is 0 Å². The lowest BCUT2D eigenvalue weighted by atomic mass is 10.3. The van der Waals surface area contributed by atoms with Gasteiger partial charge in [-0.2, -0.15) is 0 Å². The van der Waals surface area contributed by atoms with Gasteiger partial charge in [-0.25, -0.2) is 4.39 Å². The van der Waals surface area contributed by atoms with Crippen LogP contribution in [0.3, 0.4) is 0 Å². The first kappa shape index (κ1) is 10.4. The number of benzene rings is 1. The highest BCUT2D eigenvalue weighted by Gasteiger charge is 2.13. The number of rotatable bonds is 3. The fourth-order valence-electron chi connectivity index (χ4n) is 1.45. The summed E-state index contributed by atoms with van der Waals surface area (Å²) < 4.78 is 23.5. The van der Waals surface area contributed by atoms with Crippen molar-refractivity contribution in [3.8, 4) is 5.75 Å². The Labute approximate surface area is 88.2 Å². The smallest absolute Gasteiger partial charge is 0.123 e. The van der Waals surface area contributed by atoms with Crippen molar-refractivity contribution in [2.24, 2.45) is 0 Å². The van der Waals surface area contributed by atoms with E-state index < -0.39 is 0 Å². The molecular weight excluding hydrogens is 197 g/mol. The summed E-state index contributed by atoms with van der Waals surface area (Å²) in [4.78, 5) is 0. The molecule has 82 valence electrons. The number of halogens is 1. The molecule has 0 aromatic heterocycles. The van der Waals surface area contributed by atoms with Crippen molar-refractivity contribution in [1.29, 1.82) is 0 Å². The van der Waals surface area contributed by atoms with Crippen molar-refractivity contribution in [3.63, 3.8) is 0 Å². The zero-order chi connectivity index (χ0) is 10.5. The summed E-state index contributed by atoms with van der Waals surface area (Å²) in [5.41, 5.74) is 0. The quantitative estimate of drug-likeness (QED) is 0.814. The highest BCUT2D eigenvalue weighted by Crippen LogP contribution is 2.11. The van der Waals surface area contributed by atoms with E-state index in [4.69, 9.17) is 9.47 Å². The van der Waals surface area contributed by atoms with Crippen LogP contribution in [-0.4, -0.2) is 32.4 Å². The Morgan fingerprint density at radius 3 is 2.87 bits per heavy atom. The molecule has 2 rings (SSSR count). The van der Waals surface area contributed by atoms with Crippen LogP contribution >= 0.6 is 0 Å². The summed E-state index contributed by atoms with van der Waals surface area (Å²) in [6, 6.07) is 6.00. The van der Waals surface area contributed by atoms with Crippen LogP contribution in [0.4, 0.5) is 4.39 Å². The third-order valence-electron chi connectivity index (χ3n) is 2.25. The lowest BCUT2D eigenvalue weighted by Gasteiger charge is -2.23. The molecule has 1 saturated heterocycles. The van der Waals surface area contributed by atoms with E-state index in [2.05, 4.69) is 5.32 Å². The minimum Gasteiger partial charge on any atom is -0.491 e. The Bertz CT molecular complexity index is 296. The van der Waals surface area contributed by atoms with Crippen LogP contribution < -0.4 is 10.1 Å². The zero-order valence-corrected chi connectivity index (χ0v) is 8.41. The SMILES string of the molecule is Fc1ccc(OCC2CNCCO2)cc1. The monoisotopic (exact) mass is 211 g/mol. The minimum absolute atomic E-state index is 0.0869. The Morgan fingerprint density at radius 1 is 1.40 bits per heavy atom. The van der Waals surface area contributed by atoms with Crippen molar-refractivity contribution < 1.29 is 13.9 Å². The Hall–Kier alpha value is -1.13. The van der Waals surface area contributed by atoms with Crippen LogP contribution in [0.15, 0.2) is 24.3 Å². The topological polar surface area (TPSA) is 30.5 Å². The fourth-order valence-corrected chi connectivity index (χ4v) is 1.45. The molecule has 4 heteroatoms. The molecule has 0 amide bonds. The molecule has 1 N–H and O–H groups in total. The molecule has 1 unspecified atom stereocenters. The van der Waals surface area contributed by atoms with Gasteiger partial charge in [0, 0.05) is 13.1 Å². The van der Waals surface area contributed by atoms with Gasteiger partial charge in [0.05, 0.1) is 6.61 Å². The van der Waals surface area contributed by atoms with Gasteiger partial charge < -0.3 is 14.8 Å². The third-order valence-corrected chi connectivity index (χ3v) is 2.25. The van der Waals surface area contributed by atoms with E-state index in [0.29, 0.717) is 12.4 Å². The zero-order valence-electron chi connectivity index (χ0n) is 8.41. The highest BCUT2D eigenvalue weighted by atomic mass is 19.1. The molecule has 0 aliphatic carbocycles. The lowest BCUT2D eigenvalue weighted by molar-refractivity contribution is 0.000184. The Morgan fingerprint density at radius 2 is 2.20 bits per heavy atom. The maximum Gasteiger partial charge on any atom is 0.123 e. The number of ether oxygens (including phenoxy) is 2. The molecule has 1 fully saturated rings. The normalized spacial score (nSPS) is 21.3. The fraction of sp³-hybridized carbons (Fsp3) is 0.455. The molecule has 1 aromatic rings. The van der Waals surface area contributed by atoms with E-state index in [1.165, 1.54) is 12.1 Å². The number of hydrogen-bond acceptors (Lipinski definition) is 3. The van der Waals surface area contributed by atoms with E-state index in [-0.39, 0.29) is 11.9 Å². The number of morpholine rings is 1. The van der Waals surface area contributed by atoms with Crippen molar-refractivity contribution >= 4 is 0 Å². The van der Waals surface area contributed by atoms with E-state index >= 15 is 0 Å². The molecular formula is C11H14FNO2. The number of hydrogen-bond donors (Lipinski definition) is 1. The van der Waals surface area contributed by atoms with Crippen molar-refractivity contribution in [2.75, 3.05) is 26.3 Å². The van der Waals surface area contributed by atoms with Crippen LogP contribution in [0.25, 0.3) is 0 Å². The van der Waals surface area contributed by atoms with Crippen LogP contribution in [-0.2, 0) is 4.74 Å². The standard InChI is InChI=1S/C11H14FNO2/c12-9-1-3-10(4-2-9)15-8-11-7-13-5-6-14-11/h1-4,11,13H,5-8H2. The minimum atomic E-state index is -0.252. The molecule has 0 spiro atoms. The van der Waals surface area contributed by atoms with Crippen LogP contribution in [0, 0.1) is 5.82 Å². The van der Waals surface area contributed by atoms with Crippen molar-refractivity contribution in [1.82, 2.24) is 5.32 Å². The number of nitrogens with one attached hydrogen (secondary N) is 1. The first-order valence-electron chi connectivity index (χ1n) is 5.05. The predicted octanol–water partition coefficient (Wildman–Crippen LogP) is 1.19. The molecule has 3 nitrogen and oxygen atoms in total. The van der Waals surface area contributed by atoms with Crippen molar-refractivity contribution in [3.05, 3.63) is 30.1 Å². The second-order valence-electron chi connectivity index (χ2n) is 3.46. The molecule has 1 heterocycles. The average Bonchev–Trinajstić information content (AvgIpc) is 2.30. The van der Waals surface area contributed by atoms with Crippen LogP contribution in [0.5, 0.6) is 5.75 Å². The summed E-state index contributed by atoms with van der Waals surface area (Å²) in [6.07, 6.45) is 0.0869. The van der Waals surface area contributed by atoms with Gasteiger partial charge in [0.1, 0.15) is 24.3 Å². The van der Waals surface area contributed by atoms with Gasteiger partial charge >= 0.3 is 0 Å². The van der Waals surface area contributed by atoms with Crippen LogP contribution in [0.1, 0.15) is 0 Å². The second kappa shape index (κ2) is 5.09. The molecule has 1 atom stereocenters. The third kappa shape index (κ3) is 3.18. The van der Waals surface area contributed by atoms with Gasteiger partial charge in [0.25, 0.3) is 0 Å². The summed E-state index contributed by atoms with van der Waals surface area (Å²) >= 11 is 0. The van der Waals surface area contributed by atoms with Crippen molar-refractivity contribution in [2.45, 2.75) is 6.10 Å². The molecule has 0 saturated carbocycles. The summed E-state index contributed by atoms with van der Waals surface area (Å²) in [5.74, 6) is 0.420. The second-order valence-corrected chi connectivity index (χ2v) is 3.46. The molecule has 1 aliphatic rings. The van der Waals surface area contributed by atoms with Crippen LogP contribution in [0.2, 0.25) is 0 Å². The van der Waals surface area contributed by atoms with Gasteiger partial charge in [-0.3, -0.25) is 0 Å². The maximum atomic E-state index is 12.6. The molecule has 0 bridgehead atoms.